The monoisotopic (exact) mass is 927 g/mol. The van der Waals surface area contributed by atoms with Gasteiger partial charge in [-0.05, 0) is 94.3 Å². The van der Waals surface area contributed by atoms with E-state index in [4.69, 9.17) is 9.97 Å². The van der Waals surface area contributed by atoms with Gasteiger partial charge in [0, 0.05) is 71.0 Å². The lowest BCUT2D eigenvalue weighted by Gasteiger charge is -2.16. The molecule has 0 saturated carbocycles. The second-order valence-corrected chi connectivity index (χ2v) is 19.3. The Labute approximate surface area is 418 Å². The molecule has 0 aliphatic rings. The van der Waals surface area contributed by atoms with E-state index in [2.05, 4.69) is 262 Å². The summed E-state index contributed by atoms with van der Waals surface area (Å²) in [5.41, 5.74) is 14.3. The van der Waals surface area contributed by atoms with Crippen LogP contribution in [0.4, 0.5) is 0 Å². The van der Waals surface area contributed by atoms with E-state index in [0.717, 1.165) is 66.6 Å². The van der Waals surface area contributed by atoms with Crippen LogP contribution in [0, 0.1) is 0 Å². The van der Waals surface area contributed by atoms with Gasteiger partial charge in [0.05, 0.1) is 50.0 Å². The molecule has 0 bridgehead atoms. The standard InChI is InChI=1S/C68H41N5/c1-2-17-46(18-3-1)71-60-27-13-9-22-51(60)54-34-32-44(41-64(54)71)68-69-59-26-12-8-25-57(59)66(70-68)55-36-37-63(50-21-7-6-20-49(50)55)73-62-29-15-11-24-53(62)58-39-45-38-47(33-30-43(45)40-65(58)73)72-61-28-14-10-23-52(61)56-35-31-42-16-4-5-19-48(42)67(56)72/h1-41H. The van der Waals surface area contributed by atoms with Gasteiger partial charge in [-0.25, -0.2) is 9.97 Å². The summed E-state index contributed by atoms with van der Waals surface area (Å²) in [7, 11) is 0. The van der Waals surface area contributed by atoms with Crippen LogP contribution in [0.25, 0.3) is 148 Å². The van der Waals surface area contributed by atoms with Crippen LogP contribution in [0.3, 0.4) is 0 Å². The lowest BCUT2D eigenvalue weighted by molar-refractivity contribution is 1.18. The third kappa shape index (κ3) is 5.85. The molecule has 5 nitrogen and oxygen atoms in total. The van der Waals surface area contributed by atoms with Gasteiger partial charge in [-0.15, -0.1) is 0 Å². The van der Waals surface area contributed by atoms with Crippen LogP contribution in [-0.2, 0) is 0 Å². The second kappa shape index (κ2) is 15.3. The van der Waals surface area contributed by atoms with Crippen molar-refractivity contribution in [3.63, 3.8) is 0 Å². The van der Waals surface area contributed by atoms with Crippen molar-refractivity contribution < 1.29 is 0 Å². The summed E-state index contributed by atoms with van der Waals surface area (Å²) in [5, 5.41) is 15.5. The average Bonchev–Trinajstić information content (AvgIpc) is 4.09. The van der Waals surface area contributed by atoms with Crippen molar-refractivity contribution in [1.82, 2.24) is 23.7 Å². The Bertz CT molecular complexity index is 4980. The highest BCUT2D eigenvalue weighted by Gasteiger charge is 2.22. The van der Waals surface area contributed by atoms with Gasteiger partial charge in [0.25, 0.3) is 0 Å². The predicted octanol–water partition coefficient (Wildman–Crippen LogP) is 17.7. The lowest BCUT2D eigenvalue weighted by atomic mass is 9.97. The van der Waals surface area contributed by atoms with E-state index in [1.807, 2.05) is 0 Å². The number of para-hydroxylation sites is 5. The van der Waals surface area contributed by atoms with E-state index in [1.54, 1.807) is 0 Å². The maximum absolute atomic E-state index is 5.53. The summed E-state index contributed by atoms with van der Waals surface area (Å²) >= 11 is 0. The molecular formula is C68H41N5. The van der Waals surface area contributed by atoms with E-state index in [0.29, 0.717) is 5.82 Å². The zero-order valence-corrected chi connectivity index (χ0v) is 39.4. The summed E-state index contributed by atoms with van der Waals surface area (Å²) in [6.45, 7) is 0. The molecular weight excluding hydrogens is 887 g/mol. The maximum atomic E-state index is 5.53. The molecule has 0 atom stereocenters. The molecule has 16 aromatic rings. The second-order valence-electron chi connectivity index (χ2n) is 19.3. The molecule has 0 aliphatic carbocycles. The Balaban J connectivity index is 0.876. The Morgan fingerprint density at radius 1 is 0.274 bits per heavy atom. The molecule has 4 heterocycles. The van der Waals surface area contributed by atoms with Gasteiger partial charge < -0.3 is 13.7 Å². The molecule has 0 unspecified atom stereocenters. The topological polar surface area (TPSA) is 40.6 Å². The van der Waals surface area contributed by atoms with Crippen LogP contribution < -0.4 is 0 Å². The minimum Gasteiger partial charge on any atom is -0.309 e. The van der Waals surface area contributed by atoms with E-state index < -0.39 is 0 Å². The van der Waals surface area contributed by atoms with Crippen molar-refractivity contribution in [3.05, 3.63) is 249 Å². The normalized spacial score (nSPS) is 12.1. The number of hydrogen-bond donors (Lipinski definition) is 0. The third-order valence-electron chi connectivity index (χ3n) is 15.4. The zero-order valence-electron chi connectivity index (χ0n) is 39.4. The molecule has 12 aromatic carbocycles. The Kier molecular flexibility index (Phi) is 8.39. The van der Waals surface area contributed by atoms with Crippen LogP contribution in [0.1, 0.15) is 0 Å². The number of hydrogen-bond acceptors (Lipinski definition) is 2. The van der Waals surface area contributed by atoms with E-state index >= 15 is 0 Å². The first-order valence-electron chi connectivity index (χ1n) is 25.0. The highest BCUT2D eigenvalue weighted by atomic mass is 15.0. The van der Waals surface area contributed by atoms with E-state index in [1.165, 1.54) is 75.9 Å². The Hall–Kier alpha value is -9.84. The van der Waals surface area contributed by atoms with Crippen LogP contribution in [0.2, 0.25) is 0 Å². The Morgan fingerprint density at radius 3 is 1.67 bits per heavy atom. The SMILES string of the molecule is c1ccc(-n2c3ccccc3c3ccc(-c4nc(-c5ccc(-n6c7ccccc7c7cc8cc(-n9c%10ccccc%10c%10ccc%11ccccc%11c%109)ccc8cc76)c6ccccc56)c5ccccc5n4)cc32)cc1. The van der Waals surface area contributed by atoms with Crippen molar-refractivity contribution in [2.45, 2.75) is 0 Å². The summed E-state index contributed by atoms with van der Waals surface area (Å²) in [4.78, 5) is 10.8. The molecule has 0 N–H and O–H groups in total. The Morgan fingerprint density at radius 2 is 0.863 bits per heavy atom. The van der Waals surface area contributed by atoms with E-state index in [9.17, 15) is 0 Å². The van der Waals surface area contributed by atoms with Gasteiger partial charge in [-0.1, -0.05) is 176 Å². The lowest BCUT2D eigenvalue weighted by Crippen LogP contribution is -1.99. The van der Waals surface area contributed by atoms with Crippen molar-refractivity contribution in [1.29, 1.82) is 0 Å². The molecule has 0 fully saturated rings. The van der Waals surface area contributed by atoms with Gasteiger partial charge in [-0.2, -0.15) is 0 Å². The van der Waals surface area contributed by atoms with Crippen LogP contribution in [-0.4, -0.2) is 23.7 Å². The molecule has 5 heteroatoms. The van der Waals surface area contributed by atoms with Gasteiger partial charge in [0.15, 0.2) is 5.82 Å². The molecule has 0 aliphatic heterocycles. The van der Waals surface area contributed by atoms with Crippen LogP contribution in [0.15, 0.2) is 249 Å². The summed E-state index contributed by atoms with van der Waals surface area (Å²) in [5.74, 6) is 0.692. The van der Waals surface area contributed by atoms with Gasteiger partial charge in [0.2, 0.25) is 0 Å². The van der Waals surface area contributed by atoms with Crippen LogP contribution in [0.5, 0.6) is 0 Å². The molecule has 0 spiro atoms. The summed E-state index contributed by atoms with van der Waals surface area (Å²) in [6.07, 6.45) is 0. The summed E-state index contributed by atoms with van der Waals surface area (Å²) in [6, 6.07) is 90.4. The van der Waals surface area contributed by atoms with Crippen molar-refractivity contribution in [2.75, 3.05) is 0 Å². The fraction of sp³-hybridized carbons (Fsp3) is 0. The predicted molar refractivity (Wildman–Crippen MR) is 306 cm³/mol. The molecule has 338 valence electrons. The first-order chi connectivity index (χ1) is 36.2. The number of rotatable bonds is 5. The van der Waals surface area contributed by atoms with Crippen molar-refractivity contribution >= 4 is 109 Å². The van der Waals surface area contributed by atoms with Gasteiger partial charge >= 0.3 is 0 Å². The first-order valence-corrected chi connectivity index (χ1v) is 25.0. The minimum absolute atomic E-state index is 0.692. The summed E-state index contributed by atoms with van der Waals surface area (Å²) < 4.78 is 7.28. The molecule has 73 heavy (non-hydrogen) atoms. The van der Waals surface area contributed by atoms with Gasteiger partial charge in [-0.3, -0.25) is 0 Å². The average molecular weight is 928 g/mol. The number of nitrogens with zero attached hydrogens (tertiary/aromatic N) is 5. The minimum atomic E-state index is 0.692. The first kappa shape index (κ1) is 39.9. The molecule has 16 rings (SSSR count). The fourth-order valence-corrected chi connectivity index (χ4v) is 12.2. The molecule has 0 amide bonds. The fourth-order valence-electron chi connectivity index (χ4n) is 12.2. The molecule has 0 radical (unpaired) electrons. The highest BCUT2D eigenvalue weighted by Crippen LogP contribution is 2.43. The molecule has 4 aromatic heterocycles. The smallest absolute Gasteiger partial charge is 0.160 e. The highest BCUT2D eigenvalue weighted by molar-refractivity contribution is 6.20. The third-order valence-corrected chi connectivity index (χ3v) is 15.4. The van der Waals surface area contributed by atoms with Crippen molar-refractivity contribution in [3.8, 4) is 39.7 Å². The largest absolute Gasteiger partial charge is 0.309 e. The van der Waals surface area contributed by atoms with Gasteiger partial charge in [0.1, 0.15) is 0 Å². The quantitative estimate of drug-likeness (QED) is 0.173. The van der Waals surface area contributed by atoms with Crippen LogP contribution >= 0.6 is 0 Å². The van der Waals surface area contributed by atoms with E-state index in [-0.39, 0.29) is 0 Å². The number of benzene rings is 12. The number of fused-ring (bicyclic) bond motifs is 14. The van der Waals surface area contributed by atoms with Crippen molar-refractivity contribution in [2.24, 2.45) is 0 Å². The molecule has 0 saturated heterocycles. The zero-order chi connectivity index (χ0) is 47.7. The number of aromatic nitrogens is 5. The maximum Gasteiger partial charge on any atom is 0.160 e.